The highest BCUT2D eigenvalue weighted by Crippen LogP contribution is 2.46. The van der Waals surface area contributed by atoms with Gasteiger partial charge in [-0.15, -0.1) is 0 Å². The van der Waals surface area contributed by atoms with Crippen molar-refractivity contribution in [2.75, 3.05) is 12.4 Å². The van der Waals surface area contributed by atoms with Crippen LogP contribution >= 0.6 is 11.8 Å². The number of nitrogens with one attached hydrogen (secondary N) is 1. The first-order chi connectivity index (χ1) is 13.7. The van der Waals surface area contributed by atoms with Gasteiger partial charge in [0.1, 0.15) is 0 Å². The highest BCUT2D eigenvalue weighted by molar-refractivity contribution is 7.99. The van der Waals surface area contributed by atoms with E-state index in [0.717, 1.165) is 31.6 Å². The molecular formula is C22H33NO4S. The standard InChI is InChI=1S/C22H33NO4S/c1-16(6-5-9-22(24)23-25)28-15-19-18(20-10-11-21(19)27-20)12-13-26-14-17-7-3-2-4-8-17/h2-4,7-8,16,18-21,25H,5-6,9-15H2,1H3,(H,23,24). The zero-order chi connectivity index (χ0) is 19.8. The van der Waals surface area contributed by atoms with Crippen molar-refractivity contribution in [3.63, 3.8) is 0 Å². The van der Waals surface area contributed by atoms with Gasteiger partial charge >= 0.3 is 0 Å². The molecule has 0 aromatic heterocycles. The molecule has 0 aliphatic carbocycles. The van der Waals surface area contributed by atoms with Gasteiger partial charge in [0, 0.05) is 18.3 Å². The lowest BCUT2D eigenvalue weighted by Gasteiger charge is -2.28. The van der Waals surface area contributed by atoms with Crippen LogP contribution in [0, 0.1) is 11.8 Å². The smallest absolute Gasteiger partial charge is 0.243 e. The van der Waals surface area contributed by atoms with Gasteiger partial charge in [-0.3, -0.25) is 10.0 Å². The fraction of sp³-hybridized carbons (Fsp3) is 0.682. The average Bonchev–Trinajstić information content (AvgIpc) is 3.32. The largest absolute Gasteiger partial charge is 0.377 e. The zero-order valence-electron chi connectivity index (χ0n) is 16.7. The summed E-state index contributed by atoms with van der Waals surface area (Å²) in [5, 5.41) is 9.08. The van der Waals surface area contributed by atoms with E-state index in [0.29, 0.717) is 42.3 Å². The molecule has 28 heavy (non-hydrogen) atoms. The summed E-state index contributed by atoms with van der Waals surface area (Å²) in [7, 11) is 0. The maximum absolute atomic E-state index is 11.1. The van der Waals surface area contributed by atoms with E-state index < -0.39 is 0 Å². The van der Waals surface area contributed by atoms with Crippen molar-refractivity contribution in [1.29, 1.82) is 0 Å². The van der Waals surface area contributed by atoms with Crippen LogP contribution < -0.4 is 5.48 Å². The summed E-state index contributed by atoms with van der Waals surface area (Å²) >= 11 is 2.00. The molecule has 1 aromatic rings. The monoisotopic (exact) mass is 407 g/mol. The molecule has 2 N–H and O–H groups in total. The molecule has 5 atom stereocenters. The molecular weight excluding hydrogens is 374 g/mol. The molecule has 1 amide bonds. The number of ether oxygens (including phenoxy) is 2. The minimum absolute atomic E-state index is 0.297. The van der Waals surface area contributed by atoms with E-state index in [1.165, 1.54) is 18.4 Å². The molecule has 0 radical (unpaired) electrons. The number of hydrogen-bond acceptors (Lipinski definition) is 5. The number of hydroxylamine groups is 1. The summed E-state index contributed by atoms with van der Waals surface area (Å²) < 4.78 is 12.2. The third-order valence-corrected chi connectivity index (χ3v) is 7.39. The lowest BCUT2D eigenvalue weighted by atomic mass is 9.79. The molecule has 2 aliphatic heterocycles. The summed E-state index contributed by atoms with van der Waals surface area (Å²) in [6.45, 7) is 3.70. The van der Waals surface area contributed by atoms with Crippen molar-refractivity contribution < 1.29 is 19.5 Å². The molecule has 1 aromatic carbocycles. The molecule has 2 aliphatic rings. The van der Waals surface area contributed by atoms with Gasteiger partial charge in [-0.1, -0.05) is 37.3 Å². The summed E-state index contributed by atoms with van der Waals surface area (Å²) in [5.74, 6) is 2.05. The Bertz CT molecular complexity index is 599. The Morgan fingerprint density at radius 2 is 2.04 bits per heavy atom. The van der Waals surface area contributed by atoms with Gasteiger partial charge in [-0.2, -0.15) is 11.8 Å². The fourth-order valence-corrected chi connectivity index (χ4v) is 5.80. The van der Waals surface area contributed by atoms with Crippen LogP contribution in [-0.2, 0) is 20.9 Å². The highest BCUT2D eigenvalue weighted by atomic mass is 32.2. The summed E-state index contributed by atoms with van der Waals surface area (Å²) in [4.78, 5) is 11.1. The van der Waals surface area contributed by atoms with E-state index in [1.54, 1.807) is 5.48 Å². The second-order valence-electron chi connectivity index (χ2n) is 8.02. The number of carbonyl (C=O) groups is 1. The highest BCUT2D eigenvalue weighted by Gasteiger charge is 2.48. The van der Waals surface area contributed by atoms with Crippen LogP contribution in [-0.4, -0.2) is 40.9 Å². The Hall–Kier alpha value is -1.08. The number of fused-ring (bicyclic) bond motifs is 2. The van der Waals surface area contributed by atoms with E-state index >= 15 is 0 Å². The molecule has 0 spiro atoms. The molecule has 6 heteroatoms. The van der Waals surface area contributed by atoms with E-state index in [4.69, 9.17) is 14.7 Å². The van der Waals surface area contributed by atoms with E-state index in [9.17, 15) is 4.79 Å². The predicted octanol–water partition coefficient (Wildman–Crippen LogP) is 4.18. The van der Waals surface area contributed by atoms with Gasteiger partial charge in [0.2, 0.25) is 5.91 Å². The fourth-order valence-electron chi connectivity index (χ4n) is 4.45. The first kappa shape index (κ1) is 21.6. The van der Waals surface area contributed by atoms with Gasteiger partial charge in [-0.05, 0) is 55.3 Å². The van der Waals surface area contributed by atoms with E-state index in [2.05, 4.69) is 19.1 Å². The topological polar surface area (TPSA) is 67.8 Å². The second kappa shape index (κ2) is 11.2. The molecule has 5 nitrogen and oxygen atoms in total. The third-order valence-electron chi connectivity index (χ3n) is 6.01. The van der Waals surface area contributed by atoms with Crippen molar-refractivity contribution in [3.05, 3.63) is 35.9 Å². The Morgan fingerprint density at radius 1 is 1.29 bits per heavy atom. The predicted molar refractivity (Wildman–Crippen MR) is 111 cm³/mol. The minimum Gasteiger partial charge on any atom is -0.377 e. The molecule has 156 valence electrons. The maximum Gasteiger partial charge on any atom is 0.243 e. The maximum atomic E-state index is 11.1. The van der Waals surface area contributed by atoms with Crippen molar-refractivity contribution in [3.8, 4) is 0 Å². The second-order valence-corrected chi connectivity index (χ2v) is 9.49. The van der Waals surface area contributed by atoms with Crippen molar-refractivity contribution in [2.45, 2.75) is 69.5 Å². The molecule has 3 rings (SSSR count). The van der Waals surface area contributed by atoms with Gasteiger partial charge in [0.25, 0.3) is 0 Å². The molecule has 2 heterocycles. The molecule has 5 unspecified atom stereocenters. The van der Waals surface area contributed by atoms with E-state index in [1.807, 2.05) is 30.0 Å². The third kappa shape index (κ3) is 6.21. The zero-order valence-corrected chi connectivity index (χ0v) is 17.5. The van der Waals surface area contributed by atoms with Gasteiger partial charge in [-0.25, -0.2) is 5.48 Å². The van der Waals surface area contributed by atoms with Crippen LogP contribution in [0.2, 0.25) is 0 Å². The summed E-state index contributed by atoms with van der Waals surface area (Å²) in [6.07, 6.45) is 6.49. The molecule has 2 fully saturated rings. The summed E-state index contributed by atoms with van der Waals surface area (Å²) in [6, 6.07) is 10.3. The SMILES string of the molecule is CC(CCCC(=O)NO)SCC1C2CCC(O2)C1CCOCc1ccccc1. The van der Waals surface area contributed by atoms with Crippen LogP contribution in [0.5, 0.6) is 0 Å². The minimum atomic E-state index is -0.297. The molecule has 0 saturated carbocycles. The first-order valence-electron chi connectivity index (χ1n) is 10.5. The van der Waals surface area contributed by atoms with Crippen LogP contribution in [0.3, 0.4) is 0 Å². The van der Waals surface area contributed by atoms with Crippen LogP contribution in [0.15, 0.2) is 30.3 Å². The number of benzene rings is 1. The van der Waals surface area contributed by atoms with Crippen LogP contribution in [0.25, 0.3) is 0 Å². The number of rotatable bonds is 12. The van der Waals surface area contributed by atoms with Crippen LogP contribution in [0.1, 0.15) is 51.0 Å². The van der Waals surface area contributed by atoms with Gasteiger partial charge < -0.3 is 9.47 Å². The van der Waals surface area contributed by atoms with Crippen molar-refractivity contribution in [2.24, 2.45) is 11.8 Å². The average molecular weight is 408 g/mol. The number of carbonyl (C=O) groups excluding carboxylic acids is 1. The quantitative estimate of drug-likeness (QED) is 0.309. The van der Waals surface area contributed by atoms with Gasteiger partial charge in [0.15, 0.2) is 0 Å². The van der Waals surface area contributed by atoms with Crippen molar-refractivity contribution >= 4 is 17.7 Å². The number of hydrogen-bond donors (Lipinski definition) is 2. The molecule has 2 saturated heterocycles. The van der Waals surface area contributed by atoms with Gasteiger partial charge in [0.05, 0.1) is 18.8 Å². The lowest BCUT2D eigenvalue weighted by molar-refractivity contribution is -0.129. The Labute approximate surface area is 172 Å². The van der Waals surface area contributed by atoms with Crippen LogP contribution in [0.4, 0.5) is 0 Å². The Morgan fingerprint density at radius 3 is 2.79 bits per heavy atom. The lowest BCUT2D eigenvalue weighted by Crippen LogP contribution is -2.30. The van der Waals surface area contributed by atoms with E-state index in [-0.39, 0.29) is 5.91 Å². The molecule has 2 bridgehead atoms. The number of thioether (sulfide) groups is 1. The number of amides is 1. The van der Waals surface area contributed by atoms with Crippen molar-refractivity contribution in [1.82, 2.24) is 5.48 Å². The first-order valence-corrected chi connectivity index (χ1v) is 11.5. The Balaban J connectivity index is 1.37. The normalized spacial score (nSPS) is 27.1. The summed E-state index contributed by atoms with van der Waals surface area (Å²) in [5.41, 5.74) is 2.92. The Kier molecular flexibility index (Phi) is 8.65.